The Labute approximate surface area is 121 Å². The van der Waals surface area contributed by atoms with Gasteiger partial charge in [0.2, 0.25) is 0 Å². The molecule has 1 amide bonds. The number of thiazole rings is 1. The van der Waals surface area contributed by atoms with Crippen molar-refractivity contribution in [2.75, 3.05) is 6.54 Å². The molecule has 1 aliphatic rings. The molecule has 1 aromatic rings. The predicted octanol–water partition coefficient (Wildman–Crippen LogP) is 1.20. The van der Waals surface area contributed by atoms with Crippen LogP contribution in [-0.4, -0.2) is 45.5 Å². The van der Waals surface area contributed by atoms with Gasteiger partial charge in [0.1, 0.15) is 10.9 Å². The highest BCUT2D eigenvalue weighted by molar-refractivity contribution is 7.13. The number of aromatic nitrogens is 1. The normalized spacial score (nSPS) is 22.6. The highest BCUT2D eigenvalue weighted by Crippen LogP contribution is 2.28. The van der Waals surface area contributed by atoms with E-state index >= 15 is 0 Å². The van der Waals surface area contributed by atoms with Gasteiger partial charge < -0.3 is 15.7 Å². The SMILES string of the molecule is Cc1nc(C(C)C)sc1C(=O)N1C[C@@H](N)C[C@H]1C(=O)O. The summed E-state index contributed by atoms with van der Waals surface area (Å²) in [5.41, 5.74) is 6.45. The Morgan fingerprint density at radius 3 is 2.65 bits per heavy atom. The molecule has 1 saturated heterocycles. The van der Waals surface area contributed by atoms with Gasteiger partial charge in [-0.25, -0.2) is 9.78 Å². The van der Waals surface area contributed by atoms with Crippen molar-refractivity contribution in [3.63, 3.8) is 0 Å². The molecule has 7 heteroatoms. The zero-order chi connectivity index (χ0) is 15.0. The number of aryl methyl sites for hydroxylation is 1. The molecule has 2 rings (SSSR count). The number of aliphatic carboxylic acids is 1. The van der Waals surface area contributed by atoms with E-state index in [2.05, 4.69) is 4.98 Å². The molecule has 0 spiro atoms. The lowest BCUT2D eigenvalue weighted by atomic mass is 10.2. The van der Waals surface area contributed by atoms with E-state index in [1.165, 1.54) is 16.2 Å². The van der Waals surface area contributed by atoms with Crippen LogP contribution < -0.4 is 5.73 Å². The minimum Gasteiger partial charge on any atom is -0.480 e. The van der Waals surface area contributed by atoms with Gasteiger partial charge in [-0.2, -0.15) is 0 Å². The Morgan fingerprint density at radius 1 is 1.50 bits per heavy atom. The first-order valence-electron chi connectivity index (χ1n) is 6.58. The van der Waals surface area contributed by atoms with Gasteiger partial charge in [0, 0.05) is 18.5 Å². The number of carboxylic acids is 1. The maximum atomic E-state index is 12.5. The minimum absolute atomic E-state index is 0.247. The van der Waals surface area contributed by atoms with Crippen molar-refractivity contribution >= 4 is 23.2 Å². The summed E-state index contributed by atoms with van der Waals surface area (Å²) < 4.78 is 0. The third-order valence-electron chi connectivity index (χ3n) is 3.38. The van der Waals surface area contributed by atoms with Crippen LogP contribution in [0.3, 0.4) is 0 Å². The zero-order valence-corrected chi connectivity index (χ0v) is 12.6. The number of nitrogens with zero attached hydrogens (tertiary/aromatic N) is 2. The zero-order valence-electron chi connectivity index (χ0n) is 11.8. The van der Waals surface area contributed by atoms with E-state index in [1.54, 1.807) is 6.92 Å². The van der Waals surface area contributed by atoms with Crippen molar-refractivity contribution in [2.45, 2.75) is 45.2 Å². The Kier molecular flexibility index (Phi) is 4.10. The monoisotopic (exact) mass is 297 g/mol. The first-order chi connectivity index (χ1) is 9.31. The van der Waals surface area contributed by atoms with Gasteiger partial charge in [0.25, 0.3) is 5.91 Å². The predicted molar refractivity (Wildman–Crippen MR) is 76.0 cm³/mol. The fraction of sp³-hybridized carbons (Fsp3) is 0.615. The van der Waals surface area contributed by atoms with Crippen LogP contribution in [0.1, 0.15) is 46.6 Å². The first-order valence-corrected chi connectivity index (χ1v) is 7.39. The van der Waals surface area contributed by atoms with Gasteiger partial charge in [-0.1, -0.05) is 13.8 Å². The second-order valence-electron chi connectivity index (χ2n) is 5.43. The van der Waals surface area contributed by atoms with Crippen LogP contribution in [0.2, 0.25) is 0 Å². The van der Waals surface area contributed by atoms with Crippen LogP contribution in [-0.2, 0) is 4.79 Å². The molecular weight excluding hydrogens is 278 g/mol. The van der Waals surface area contributed by atoms with Crippen LogP contribution >= 0.6 is 11.3 Å². The lowest BCUT2D eigenvalue weighted by Gasteiger charge is -2.20. The van der Waals surface area contributed by atoms with E-state index in [4.69, 9.17) is 5.73 Å². The Balaban J connectivity index is 2.29. The summed E-state index contributed by atoms with van der Waals surface area (Å²) in [4.78, 5) is 30.0. The number of carboxylic acid groups (broad SMARTS) is 1. The average Bonchev–Trinajstić information content (AvgIpc) is 2.92. The first kappa shape index (κ1) is 14.9. The van der Waals surface area contributed by atoms with Crippen LogP contribution in [0.25, 0.3) is 0 Å². The minimum atomic E-state index is -1.00. The molecule has 1 fully saturated rings. The van der Waals surface area contributed by atoms with Gasteiger partial charge >= 0.3 is 5.97 Å². The molecule has 0 aromatic carbocycles. The molecule has 2 atom stereocenters. The molecule has 0 unspecified atom stereocenters. The van der Waals surface area contributed by atoms with Crippen LogP contribution in [0.5, 0.6) is 0 Å². The molecule has 2 heterocycles. The van der Waals surface area contributed by atoms with E-state index in [9.17, 15) is 14.7 Å². The lowest BCUT2D eigenvalue weighted by molar-refractivity contribution is -0.141. The number of carbonyl (C=O) groups excluding carboxylic acids is 1. The van der Waals surface area contributed by atoms with Crippen molar-refractivity contribution in [1.29, 1.82) is 0 Å². The molecule has 1 aromatic heterocycles. The summed E-state index contributed by atoms with van der Waals surface area (Å²) in [6.45, 7) is 6.09. The molecule has 1 aliphatic heterocycles. The average molecular weight is 297 g/mol. The van der Waals surface area contributed by atoms with Gasteiger partial charge in [0.05, 0.1) is 10.7 Å². The number of likely N-dealkylation sites (tertiary alicyclic amines) is 1. The lowest BCUT2D eigenvalue weighted by Crippen LogP contribution is -2.40. The molecule has 0 radical (unpaired) electrons. The molecule has 0 bridgehead atoms. The molecule has 20 heavy (non-hydrogen) atoms. The third-order valence-corrected chi connectivity index (χ3v) is 4.83. The quantitative estimate of drug-likeness (QED) is 0.874. The van der Waals surface area contributed by atoms with E-state index in [0.29, 0.717) is 17.0 Å². The fourth-order valence-corrected chi connectivity index (χ4v) is 3.35. The van der Waals surface area contributed by atoms with Crippen LogP contribution in [0.15, 0.2) is 0 Å². The highest BCUT2D eigenvalue weighted by atomic mass is 32.1. The van der Waals surface area contributed by atoms with Crippen molar-refractivity contribution in [3.8, 4) is 0 Å². The summed E-state index contributed by atoms with van der Waals surface area (Å²) in [6, 6.07) is -1.11. The van der Waals surface area contributed by atoms with E-state index in [0.717, 1.165) is 5.01 Å². The molecular formula is C13H19N3O3S. The molecule has 6 nitrogen and oxygen atoms in total. The maximum Gasteiger partial charge on any atom is 0.326 e. The second kappa shape index (κ2) is 5.49. The van der Waals surface area contributed by atoms with Gasteiger partial charge in [-0.05, 0) is 13.3 Å². The third kappa shape index (κ3) is 2.69. The van der Waals surface area contributed by atoms with Crippen LogP contribution in [0, 0.1) is 6.92 Å². The van der Waals surface area contributed by atoms with Crippen molar-refractivity contribution in [3.05, 3.63) is 15.6 Å². The summed E-state index contributed by atoms with van der Waals surface area (Å²) in [7, 11) is 0. The van der Waals surface area contributed by atoms with Gasteiger partial charge in [-0.15, -0.1) is 11.3 Å². The van der Waals surface area contributed by atoms with Crippen LogP contribution in [0.4, 0.5) is 0 Å². The summed E-state index contributed by atoms with van der Waals surface area (Å²) in [5, 5.41) is 10.1. The Bertz CT molecular complexity index is 541. The fourth-order valence-electron chi connectivity index (χ4n) is 2.32. The summed E-state index contributed by atoms with van der Waals surface area (Å²) in [5.74, 6) is -1.03. The molecule has 110 valence electrons. The maximum absolute atomic E-state index is 12.5. The number of carbonyl (C=O) groups is 2. The molecule has 0 saturated carbocycles. The summed E-state index contributed by atoms with van der Waals surface area (Å²) in [6.07, 6.45) is 0.302. The smallest absolute Gasteiger partial charge is 0.326 e. The molecule has 3 N–H and O–H groups in total. The van der Waals surface area contributed by atoms with Gasteiger partial charge in [0.15, 0.2) is 0 Å². The van der Waals surface area contributed by atoms with E-state index in [1.807, 2.05) is 13.8 Å². The van der Waals surface area contributed by atoms with Crippen molar-refractivity contribution in [1.82, 2.24) is 9.88 Å². The Morgan fingerprint density at radius 2 is 2.15 bits per heavy atom. The number of rotatable bonds is 3. The number of hydrogen-bond donors (Lipinski definition) is 2. The standard InChI is InChI=1S/C13H19N3O3S/c1-6(2)11-15-7(3)10(20-11)12(17)16-5-8(14)4-9(16)13(18)19/h6,8-9H,4-5,14H2,1-3H3,(H,18,19)/t8-,9-/m0/s1. The van der Waals surface area contributed by atoms with E-state index < -0.39 is 12.0 Å². The highest BCUT2D eigenvalue weighted by Gasteiger charge is 2.39. The Hall–Kier alpha value is -1.47. The number of nitrogens with two attached hydrogens (primary N) is 1. The second-order valence-corrected chi connectivity index (χ2v) is 6.46. The van der Waals surface area contributed by atoms with E-state index in [-0.39, 0.29) is 24.4 Å². The largest absolute Gasteiger partial charge is 0.480 e. The topological polar surface area (TPSA) is 96.5 Å². The number of amides is 1. The summed E-state index contributed by atoms with van der Waals surface area (Å²) >= 11 is 1.34. The van der Waals surface area contributed by atoms with Crippen molar-refractivity contribution in [2.24, 2.45) is 5.73 Å². The van der Waals surface area contributed by atoms with Crippen molar-refractivity contribution < 1.29 is 14.7 Å². The van der Waals surface area contributed by atoms with Gasteiger partial charge in [-0.3, -0.25) is 4.79 Å². The molecule has 0 aliphatic carbocycles. The number of hydrogen-bond acceptors (Lipinski definition) is 5.